The molecule has 2 aliphatic rings. The molecule has 1 unspecified atom stereocenters. The van der Waals surface area contributed by atoms with Gasteiger partial charge < -0.3 is 5.32 Å². The van der Waals surface area contributed by atoms with Crippen LogP contribution in [0.5, 0.6) is 0 Å². The molecule has 1 saturated carbocycles. The molecule has 6 heteroatoms. The first-order valence-corrected chi connectivity index (χ1v) is 9.35. The predicted octanol–water partition coefficient (Wildman–Crippen LogP) is 2.74. The molecule has 1 atom stereocenters. The zero-order valence-electron chi connectivity index (χ0n) is 12.0. The van der Waals surface area contributed by atoms with Gasteiger partial charge in [-0.1, -0.05) is 4.49 Å². The molecule has 2 fully saturated rings. The molecule has 2 aromatic rings. The molecular weight excluding hydrogens is 300 g/mol. The highest BCUT2D eigenvalue weighted by molar-refractivity contribution is 7.07. The van der Waals surface area contributed by atoms with Crippen LogP contribution in [0.4, 0.5) is 0 Å². The lowest BCUT2D eigenvalue weighted by molar-refractivity contribution is 0.186. The maximum absolute atomic E-state index is 4.25. The second-order valence-corrected chi connectivity index (χ2v) is 7.65. The van der Waals surface area contributed by atoms with Gasteiger partial charge in [0, 0.05) is 24.5 Å². The topological polar surface area (TPSA) is 41.1 Å². The third-order valence-electron chi connectivity index (χ3n) is 4.92. The van der Waals surface area contributed by atoms with E-state index in [0.29, 0.717) is 5.41 Å². The molecule has 2 aromatic heterocycles. The lowest BCUT2D eigenvalue weighted by atomic mass is 9.93. The van der Waals surface area contributed by atoms with Crippen molar-refractivity contribution in [1.82, 2.24) is 19.8 Å². The Morgan fingerprint density at radius 2 is 2.19 bits per heavy atom. The Bertz CT molecular complexity index is 524. The van der Waals surface area contributed by atoms with Crippen molar-refractivity contribution < 1.29 is 0 Å². The van der Waals surface area contributed by atoms with E-state index in [1.165, 1.54) is 49.4 Å². The number of rotatable bonds is 5. The second kappa shape index (κ2) is 5.76. The molecule has 4 rings (SSSR count). The summed E-state index contributed by atoms with van der Waals surface area (Å²) in [7, 11) is 0. The van der Waals surface area contributed by atoms with Crippen LogP contribution < -0.4 is 5.32 Å². The van der Waals surface area contributed by atoms with Crippen LogP contribution in [0.1, 0.15) is 30.5 Å². The fourth-order valence-corrected chi connectivity index (χ4v) is 4.76. The first-order valence-electron chi connectivity index (χ1n) is 7.58. The average molecular weight is 320 g/mol. The Balaban J connectivity index is 1.50. The van der Waals surface area contributed by atoms with Crippen LogP contribution >= 0.6 is 22.9 Å². The van der Waals surface area contributed by atoms with E-state index in [9.17, 15) is 0 Å². The SMILES string of the molecule is c1cc(CN(Cc2csnn2)C2CC23CCNCC3)cs1. The standard InChI is InChI=1S/C15H20N4S2/c1-6-20-10-12(1)8-19(9-13-11-21-18-17-13)14-7-15(14)2-4-16-5-3-15/h1,6,10-11,14,16H,2-5,7-9H2. The minimum absolute atomic E-state index is 0.574. The molecule has 1 spiro atoms. The summed E-state index contributed by atoms with van der Waals surface area (Å²) in [4.78, 5) is 2.63. The van der Waals surface area contributed by atoms with Gasteiger partial charge in [-0.05, 0) is 71.7 Å². The van der Waals surface area contributed by atoms with Gasteiger partial charge in [0.05, 0.1) is 5.69 Å². The largest absolute Gasteiger partial charge is 0.317 e. The van der Waals surface area contributed by atoms with Gasteiger partial charge in [-0.3, -0.25) is 4.90 Å². The van der Waals surface area contributed by atoms with Gasteiger partial charge in [0.2, 0.25) is 0 Å². The molecule has 3 heterocycles. The first-order chi connectivity index (χ1) is 10.4. The summed E-state index contributed by atoms with van der Waals surface area (Å²) in [6.07, 6.45) is 4.01. The van der Waals surface area contributed by atoms with E-state index in [2.05, 4.69) is 42.0 Å². The van der Waals surface area contributed by atoms with Crippen molar-refractivity contribution in [1.29, 1.82) is 0 Å². The maximum atomic E-state index is 4.25. The molecule has 1 saturated heterocycles. The molecule has 0 aromatic carbocycles. The average Bonchev–Trinajstić information content (AvgIpc) is 2.96. The van der Waals surface area contributed by atoms with Crippen LogP contribution in [0.3, 0.4) is 0 Å². The number of piperidine rings is 1. The number of nitrogens with one attached hydrogen (secondary N) is 1. The monoisotopic (exact) mass is 320 g/mol. The van der Waals surface area contributed by atoms with Crippen LogP contribution in [0.25, 0.3) is 0 Å². The molecule has 0 radical (unpaired) electrons. The zero-order valence-corrected chi connectivity index (χ0v) is 13.6. The van der Waals surface area contributed by atoms with E-state index in [1.54, 1.807) is 11.3 Å². The van der Waals surface area contributed by atoms with E-state index in [0.717, 1.165) is 24.8 Å². The van der Waals surface area contributed by atoms with Gasteiger partial charge in [-0.25, -0.2) is 0 Å². The van der Waals surface area contributed by atoms with Crippen LogP contribution in [0.15, 0.2) is 22.2 Å². The Hall–Kier alpha value is -0.820. The van der Waals surface area contributed by atoms with Gasteiger partial charge in [-0.2, -0.15) is 11.3 Å². The van der Waals surface area contributed by atoms with Gasteiger partial charge >= 0.3 is 0 Å². The van der Waals surface area contributed by atoms with Crippen LogP contribution in [-0.2, 0) is 13.1 Å². The fourth-order valence-electron chi connectivity index (χ4n) is 3.66. The van der Waals surface area contributed by atoms with Crippen LogP contribution in [-0.4, -0.2) is 33.6 Å². The molecule has 1 aliphatic heterocycles. The van der Waals surface area contributed by atoms with Crippen molar-refractivity contribution in [2.45, 2.75) is 38.4 Å². The number of hydrogen-bond donors (Lipinski definition) is 1. The van der Waals surface area contributed by atoms with Gasteiger partial charge in [0.15, 0.2) is 0 Å². The van der Waals surface area contributed by atoms with E-state index < -0.39 is 0 Å². The second-order valence-electron chi connectivity index (χ2n) is 6.27. The normalized spacial score (nSPS) is 23.8. The van der Waals surface area contributed by atoms with E-state index in [1.807, 2.05) is 0 Å². The highest BCUT2D eigenvalue weighted by Crippen LogP contribution is 2.56. The number of thiophene rings is 1. The number of nitrogens with zero attached hydrogens (tertiary/aromatic N) is 3. The van der Waals surface area contributed by atoms with Crippen molar-refractivity contribution in [3.63, 3.8) is 0 Å². The van der Waals surface area contributed by atoms with Gasteiger partial charge in [-0.15, -0.1) is 5.10 Å². The predicted molar refractivity (Wildman–Crippen MR) is 86.4 cm³/mol. The zero-order chi connectivity index (χ0) is 14.1. The highest BCUT2D eigenvalue weighted by Gasteiger charge is 2.56. The lowest BCUT2D eigenvalue weighted by Gasteiger charge is -2.29. The molecular formula is C15H20N4S2. The van der Waals surface area contributed by atoms with Crippen molar-refractivity contribution in [2.24, 2.45) is 5.41 Å². The quantitative estimate of drug-likeness (QED) is 0.920. The Morgan fingerprint density at radius 3 is 2.90 bits per heavy atom. The van der Waals surface area contributed by atoms with E-state index >= 15 is 0 Å². The minimum atomic E-state index is 0.574. The van der Waals surface area contributed by atoms with Crippen molar-refractivity contribution in [3.8, 4) is 0 Å². The molecule has 0 bridgehead atoms. The molecule has 112 valence electrons. The van der Waals surface area contributed by atoms with Gasteiger partial charge in [0.1, 0.15) is 0 Å². The molecule has 4 nitrogen and oxygen atoms in total. The number of hydrogen-bond acceptors (Lipinski definition) is 6. The maximum Gasteiger partial charge on any atom is 0.0895 e. The van der Waals surface area contributed by atoms with Crippen molar-refractivity contribution >= 4 is 22.9 Å². The van der Waals surface area contributed by atoms with Crippen LogP contribution in [0, 0.1) is 5.41 Å². The van der Waals surface area contributed by atoms with Gasteiger partial charge in [0.25, 0.3) is 0 Å². The third-order valence-corrected chi connectivity index (χ3v) is 6.21. The summed E-state index contributed by atoms with van der Waals surface area (Å²) in [5.74, 6) is 0. The fraction of sp³-hybridized carbons (Fsp3) is 0.600. The number of aromatic nitrogens is 2. The summed E-state index contributed by atoms with van der Waals surface area (Å²) in [6.45, 7) is 4.34. The first kappa shape index (κ1) is 13.8. The Morgan fingerprint density at radius 1 is 1.29 bits per heavy atom. The summed E-state index contributed by atoms with van der Waals surface area (Å²) in [5.41, 5.74) is 3.12. The Kier molecular flexibility index (Phi) is 3.79. The summed E-state index contributed by atoms with van der Waals surface area (Å²) in [5, 5.41) is 14.3. The molecule has 1 N–H and O–H groups in total. The Labute approximate surface area is 133 Å². The van der Waals surface area contributed by atoms with E-state index in [4.69, 9.17) is 0 Å². The highest BCUT2D eigenvalue weighted by atomic mass is 32.1. The van der Waals surface area contributed by atoms with E-state index in [-0.39, 0.29) is 0 Å². The lowest BCUT2D eigenvalue weighted by Crippen LogP contribution is -2.35. The molecule has 0 amide bonds. The summed E-state index contributed by atoms with van der Waals surface area (Å²) < 4.78 is 4.01. The summed E-state index contributed by atoms with van der Waals surface area (Å²) in [6, 6.07) is 2.97. The van der Waals surface area contributed by atoms with Crippen molar-refractivity contribution in [3.05, 3.63) is 33.5 Å². The van der Waals surface area contributed by atoms with Crippen LogP contribution in [0.2, 0.25) is 0 Å². The molecule has 1 aliphatic carbocycles. The minimum Gasteiger partial charge on any atom is -0.317 e. The molecule has 21 heavy (non-hydrogen) atoms. The smallest absolute Gasteiger partial charge is 0.0895 e. The third kappa shape index (κ3) is 2.90. The summed E-state index contributed by atoms with van der Waals surface area (Å²) >= 11 is 3.24. The van der Waals surface area contributed by atoms with Crippen molar-refractivity contribution in [2.75, 3.05) is 13.1 Å².